The number of nitrogens with zero attached hydrogens (tertiary/aromatic N) is 1. The third-order valence-corrected chi connectivity index (χ3v) is 4.30. The molecule has 1 aliphatic heterocycles. The summed E-state index contributed by atoms with van der Waals surface area (Å²) < 4.78 is 5.62. The summed E-state index contributed by atoms with van der Waals surface area (Å²) in [7, 11) is 0. The second-order valence-electron chi connectivity index (χ2n) is 5.90. The lowest BCUT2D eigenvalue weighted by Crippen LogP contribution is -2.44. The van der Waals surface area contributed by atoms with E-state index < -0.39 is 6.10 Å². The molecule has 2 amide bonds. The lowest BCUT2D eigenvalue weighted by Gasteiger charge is -2.32. The molecule has 1 aliphatic rings. The quantitative estimate of drug-likeness (QED) is 0.823. The SMILES string of the molecule is CCN1C(=O)C(C)Oc2ccc(NC(=O)/C=C/c3ccc(Cl)cc3)cc21. The van der Waals surface area contributed by atoms with Gasteiger partial charge in [-0.15, -0.1) is 0 Å². The zero-order valence-electron chi connectivity index (χ0n) is 14.5. The molecule has 1 N–H and O–H groups in total. The molecular formula is C20H19ClN2O3. The number of fused-ring (bicyclic) bond motifs is 1. The molecule has 0 fully saturated rings. The topological polar surface area (TPSA) is 58.6 Å². The van der Waals surface area contributed by atoms with Crippen LogP contribution >= 0.6 is 11.6 Å². The van der Waals surface area contributed by atoms with Gasteiger partial charge in [0.15, 0.2) is 6.10 Å². The summed E-state index contributed by atoms with van der Waals surface area (Å²) in [6.07, 6.45) is 2.64. The van der Waals surface area contributed by atoms with Crippen LogP contribution in [0.25, 0.3) is 6.08 Å². The van der Waals surface area contributed by atoms with Gasteiger partial charge in [0, 0.05) is 23.3 Å². The van der Waals surface area contributed by atoms with E-state index in [0.29, 0.717) is 28.7 Å². The molecule has 5 nitrogen and oxygen atoms in total. The average molecular weight is 371 g/mol. The third-order valence-electron chi connectivity index (χ3n) is 4.05. The van der Waals surface area contributed by atoms with Gasteiger partial charge in [0.1, 0.15) is 5.75 Å². The van der Waals surface area contributed by atoms with Crippen LogP contribution < -0.4 is 15.0 Å². The molecule has 0 radical (unpaired) electrons. The van der Waals surface area contributed by atoms with Crippen LogP contribution in [-0.4, -0.2) is 24.5 Å². The van der Waals surface area contributed by atoms with Crippen LogP contribution in [0.1, 0.15) is 19.4 Å². The molecule has 1 heterocycles. The molecule has 0 saturated heterocycles. The van der Waals surface area contributed by atoms with Crippen LogP contribution in [0.3, 0.4) is 0 Å². The highest BCUT2D eigenvalue weighted by atomic mass is 35.5. The molecule has 1 atom stereocenters. The van der Waals surface area contributed by atoms with Crippen molar-refractivity contribution in [1.29, 1.82) is 0 Å². The monoisotopic (exact) mass is 370 g/mol. The van der Waals surface area contributed by atoms with Crippen LogP contribution in [0.15, 0.2) is 48.5 Å². The Kier molecular flexibility index (Phi) is 5.28. The van der Waals surface area contributed by atoms with Crippen molar-refractivity contribution in [1.82, 2.24) is 0 Å². The lowest BCUT2D eigenvalue weighted by atomic mass is 10.1. The smallest absolute Gasteiger partial charge is 0.267 e. The molecule has 1 unspecified atom stereocenters. The number of hydrogen-bond donors (Lipinski definition) is 1. The van der Waals surface area contributed by atoms with Crippen molar-refractivity contribution >= 4 is 40.9 Å². The van der Waals surface area contributed by atoms with Gasteiger partial charge in [0.2, 0.25) is 5.91 Å². The van der Waals surface area contributed by atoms with Crippen LogP contribution in [0.2, 0.25) is 5.02 Å². The largest absolute Gasteiger partial charge is 0.479 e. The Hall–Kier alpha value is -2.79. The van der Waals surface area contributed by atoms with E-state index in [0.717, 1.165) is 5.56 Å². The molecule has 26 heavy (non-hydrogen) atoms. The van der Waals surface area contributed by atoms with E-state index in [1.807, 2.05) is 19.1 Å². The minimum atomic E-state index is -0.509. The summed E-state index contributed by atoms with van der Waals surface area (Å²) in [6, 6.07) is 12.4. The minimum absolute atomic E-state index is 0.0916. The third kappa shape index (κ3) is 3.89. The number of carbonyl (C=O) groups is 2. The number of likely N-dealkylation sites (N-methyl/N-ethyl adjacent to an activating group) is 1. The number of hydrogen-bond acceptors (Lipinski definition) is 3. The number of anilines is 2. The van der Waals surface area contributed by atoms with Gasteiger partial charge in [-0.2, -0.15) is 0 Å². The fraction of sp³-hybridized carbons (Fsp3) is 0.200. The maximum Gasteiger partial charge on any atom is 0.267 e. The van der Waals surface area contributed by atoms with Crippen molar-refractivity contribution in [3.63, 3.8) is 0 Å². The molecule has 2 aromatic rings. The lowest BCUT2D eigenvalue weighted by molar-refractivity contribution is -0.125. The highest BCUT2D eigenvalue weighted by molar-refractivity contribution is 6.30. The van der Waals surface area contributed by atoms with E-state index in [4.69, 9.17) is 16.3 Å². The van der Waals surface area contributed by atoms with Crippen molar-refractivity contribution in [2.24, 2.45) is 0 Å². The van der Waals surface area contributed by atoms with Crippen molar-refractivity contribution < 1.29 is 14.3 Å². The van der Waals surface area contributed by atoms with E-state index >= 15 is 0 Å². The number of benzene rings is 2. The number of rotatable bonds is 4. The zero-order chi connectivity index (χ0) is 18.7. The second-order valence-corrected chi connectivity index (χ2v) is 6.34. The number of amides is 2. The first kappa shape index (κ1) is 18.0. The predicted octanol–water partition coefficient (Wildman–Crippen LogP) is 4.13. The van der Waals surface area contributed by atoms with Crippen molar-refractivity contribution in [3.05, 3.63) is 59.1 Å². The van der Waals surface area contributed by atoms with E-state index in [-0.39, 0.29) is 11.8 Å². The van der Waals surface area contributed by atoms with Gasteiger partial charge in [0.05, 0.1) is 5.69 Å². The van der Waals surface area contributed by atoms with Gasteiger partial charge in [-0.3, -0.25) is 9.59 Å². The second kappa shape index (κ2) is 7.62. The van der Waals surface area contributed by atoms with Crippen LogP contribution in [0.5, 0.6) is 5.75 Å². The standard InChI is InChI=1S/C20H19ClN2O3/c1-3-23-17-12-16(9-10-18(17)26-13(2)20(23)25)22-19(24)11-6-14-4-7-15(21)8-5-14/h4-13H,3H2,1-2H3,(H,22,24)/b11-6+. The van der Waals surface area contributed by atoms with E-state index in [1.165, 1.54) is 6.08 Å². The molecule has 134 valence electrons. The van der Waals surface area contributed by atoms with Crippen LogP contribution in [0, 0.1) is 0 Å². The molecule has 2 aromatic carbocycles. The average Bonchev–Trinajstić information content (AvgIpc) is 2.63. The Bertz CT molecular complexity index is 862. The molecule has 0 bridgehead atoms. The van der Waals surface area contributed by atoms with Gasteiger partial charge < -0.3 is 15.0 Å². The Labute approximate surface area is 157 Å². The summed E-state index contributed by atoms with van der Waals surface area (Å²) in [5, 5.41) is 3.44. The summed E-state index contributed by atoms with van der Waals surface area (Å²) in [5.41, 5.74) is 2.13. The Morgan fingerprint density at radius 2 is 2.00 bits per heavy atom. The summed E-state index contributed by atoms with van der Waals surface area (Å²) >= 11 is 5.84. The first-order chi connectivity index (χ1) is 12.5. The molecule has 0 aromatic heterocycles. The maximum absolute atomic E-state index is 12.2. The first-order valence-corrected chi connectivity index (χ1v) is 8.72. The number of halogens is 1. The van der Waals surface area contributed by atoms with E-state index in [2.05, 4.69) is 5.32 Å². The van der Waals surface area contributed by atoms with E-state index in [1.54, 1.807) is 48.2 Å². The summed E-state index contributed by atoms with van der Waals surface area (Å²) in [6.45, 7) is 4.17. The van der Waals surface area contributed by atoms with Gasteiger partial charge >= 0.3 is 0 Å². The number of carbonyl (C=O) groups excluding carboxylic acids is 2. The maximum atomic E-state index is 12.2. The molecule has 0 saturated carbocycles. The fourth-order valence-corrected chi connectivity index (χ4v) is 2.87. The molecule has 3 rings (SSSR count). The first-order valence-electron chi connectivity index (χ1n) is 8.34. The van der Waals surface area contributed by atoms with Crippen molar-refractivity contribution in [2.45, 2.75) is 20.0 Å². The van der Waals surface area contributed by atoms with Crippen molar-refractivity contribution in [3.8, 4) is 5.75 Å². The van der Waals surface area contributed by atoms with Gasteiger partial charge in [-0.25, -0.2) is 0 Å². The van der Waals surface area contributed by atoms with Crippen LogP contribution in [-0.2, 0) is 9.59 Å². The van der Waals surface area contributed by atoms with Gasteiger partial charge in [0.25, 0.3) is 5.91 Å². The molecule has 6 heteroatoms. The molecule has 0 aliphatic carbocycles. The van der Waals surface area contributed by atoms with E-state index in [9.17, 15) is 9.59 Å². The Morgan fingerprint density at radius 3 is 2.69 bits per heavy atom. The van der Waals surface area contributed by atoms with Gasteiger partial charge in [-0.1, -0.05) is 23.7 Å². The zero-order valence-corrected chi connectivity index (χ0v) is 15.3. The molecular weight excluding hydrogens is 352 g/mol. The van der Waals surface area contributed by atoms with Gasteiger partial charge in [-0.05, 0) is 55.8 Å². The predicted molar refractivity (Wildman–Crippen MR) is 104 cm³/mol. The fourth-order valence-electron chi connectivity index (χ4n) is 2.74. The highest BCUT2D eigenvalue weighted by Gasteiger charge is 2.30. The highest BCUT2D eigenvalue weighted by Crippen LogP contribution is 2.36. The number of nitrogens with one attached hydrogen (secondary N) is 1. The molecule has 0 spiro atoms. The van der Waals surface area contributed by atoms with Crippen LogP contribution in [0.4, 0.5) is 11.4 Å². The minimum Gasteiger partial charge on any atom is -0.479 e. The Morgan fingerprint density at radius 1 is 1.27 bits per heavy atom. The Balaban J connectivity index is 1.74. The van der Waals surface area contributed by atoms with Crippen molar-refractivity contribution in [2.75, 3.05) is 16.8 Å². The summed E-state index contributed by atoms with van der Waals surface area (Å²) in [4.78, 5) is 26.0. The number of ether oxygens (including phenoxy) is 1. The summed E-state index contributed by atoms with van der Waals surface area (Å²) in [5.74, 6) is 0.277. The normalized spacial score (nSPS) is 16.3.